The monoisotopic (exact) mass is 355 g/mol. The fraction of sp³-hybridized carbons (Fsp3) is 0.476. The van der Waals surface area contributed by atoms with Gasteiger partial charge in [-0.25, -0.2) is 4.79 Å². The summed E-state index contributed by atoms with van der Waals surface area (Å²) < 4.78 is 7.90. The Bertz CT molecular complexity index is 635. The molecule has 3 rings (SSSR count). The number of nitrogens with zero attached hydrogens (tertiary/aromatic N) is 2. The minimum absolute atomic E-state index is 0.0558. The molecule has 0 saturated carbocycles. The first kappa shape index (κ1) is 18.5. The molecule has 1 fully saturated rings. The van der Waals surface area contributed by atoms with Gasteiger partial charge >= 0.3 is 6.03 Å². The highest BCUT2D eigenvalue weighted by atomic mass is 16.5. The largest absolute Gasteiger partial charge is 0.381 e. The Morgan fingerprint density at radius 2 is 1.77 bits per heavy atom. The normalized spacial score (nSPS) is 15.2. The number of urea groups is 1. The van der Waals surface area contributed by atoms with Crippen LogP contribution in [0, 0.1) is 0 Å². The minimum atomic E-state index is 0.0558. The van der Waals surface area contributed by atoms with E-state index in [2.05, 4.69) is 46.5 Å². The summed E-state index contributed by atoms with van der Waals surface area (Å²) in [6.45, 7) is 3.72. The Balaban J connectivity index is 1.22. The molecule has 2 heterocycles. The summed E-state index contributed by atoms with van der Waals surface area (Å²) >= 11 is 0. The average Bonchev–Trinajstić information content (AvgIpc) is 3.23. The second-order valence-corrected chi connectivity index (χ2v) is 6.78. The zero-order valence-electron chi connectivity index (χ0n) is 15.3. The second-order valence-electron chi connectivity index (χ2n) is 6.78. The highest BCUT2D eigenvalue weighted by Gasteiger charge is 2.22. The van der Waals surface area contributed by atoms with E-state index in [0.717, 1.165) is 45.4 Å². The quantitative estimate of drug-likeness (QED) is 0.737. The molecule has 2 amide bonds. The van der Waals surface area contributed by atoms with Crippen molar-refractivity contribution in [2.75, 3.05) is 32.8 Å². The molecule has 0 spiro atoms. The number of nitrogens with one attached hydrogen (secondary N) is 1. The molecule has 0 aliphatic carbocycles. The summed E-state index contributed by atoms with van der Waals surface area (Å²) in [6.07, 6.45) is 8.04. The number of hydrogen-bond acceptors (Lipinski definition) is 2. The van der Waals surface area contributed by atoms with Gasteiger partial charge in [0.25, 0.3) is 0 Å². The second kappa shape index (κ2) is 10.0. The van der Waals surface area contributed by atoms with Gasteiger partial charge in [0.2, 0.25) is 0 Å². The van der Waals surface area contributed by atoms with Crippen LogP contribution in [0.15, 0.2) is 54.9 Å². The van der Waals surface area contributed by atoms with E-state index in [1.807, 2.05) is 23.1 Å². The molecular weight excluding hydrogens is 326 g/mol. The van der Waals surface area contributed by atoms with E-state index >= 15 is 0 Å². The molecule has 0 atom stereocenters. The Morgan fingerprint density at radius 3 is 2.50 bits per heavy atom. The topological polar surface area (TPSA) is 46.5 Å². The van der Waals surface area contributed by atoms with E-state index in [4.69, 9.17) is 4.74 Å². The molecule has 1 aliphatic rings. The molecule has 1 aromatic heterocycles. The van der Waals surface area contributed by atoms with Crippen molar-refractivity contribution in [2.24, 2.45) is 0 Å². The number of rotatable bonds is 8. The van der Waals surface area contributed by atoms with Crippen molar-refractivity contribution in [1.82, 2.24) is 14.8 Å². The Labute approximate surface area is 156 Å². The molecule has 0 bridgehead atoms. The molecule has 1 saturated heterocycles. The molecule has 5 heteroatoms. The van der Waals surface area contributed by atoms with Crippen molar-refractivity contribution in [3.8, 4) is 0 Å². The highest BCUT2D eigenvalue weighted by molar-refractivity contribution is 5.74. The molecule has 140 valence electrons. The maximum absolute atomic E-state index is 12.2. The lowest BCUT2D eigenvalue weighted by Crippen LogP contribution is -2.45. The highest BCUT2D eigenvalue weighted by Crippen LogP contribution is 2.22. The van der Waals surface area contributed by atoms with Crippen LogP contribution in [0.4, 0.5) is 4.79 Å². The van der Waals surface area contributed by atoms with Crippen LogP contribution in [0.3, 0.4) is 0 Å². The lowest BCUT2D eigenvalue weighted by molar-refractivity contribution is 0.133. The van der Waals surface area contributed by atoms with Gasteiger partial charge in [-0.1, -0.05) is 30.3 Å². The molecule has 2 aromatic rings. The van der Waals surface area contributed by atoms with Gasteiger partial charge in [0.1, 0.15) is 0 Å². The molecule has 1 aromatic carbocycles. The predicted molar refractivity (Wildman–Crippen MR) is 103 cm³/mol. The summed E-state index contributed by atoms with van der Waals surface area (Å²) in [5.74, 6) is 0. The van der Waals surface area contributed by atoms with Gasteiger partial charge in [-0.3, -0.25) is 0 Å². The first-order chi connectivity index (χ1) is 12.8. The maximum Gasteiger partial charge on any atom is 0.317 e. The van der Waals surface area contributed by atoms with Gasteiger partial charge < -0.3 is 19.5 Å². The number of benzene rings is 1. The molecule has 1 N–H and O–H groups in total. The maximum atomic E-state index is 12.2. The summed E-state index contributed by atoms with van der Waals surface area (Å²) in [4.78, 5) is 14.2. The summed E-state index contributed by atoms with van der Waals surface area (Å²) in [7, 11) is 0. The lowest BCUT2D eigenvalue weighted by atomic mass is 10.1. The van der Waals surface area contributed by atoms with Crippen molar-refractivity contribution in [1.29, 1.82) is 0 Å². The zero-order chi connectivity index (χ0) is 18.0. The van der Waals surface area contributed by atoms with Crippen LogP contribution in [-0.4, -0.2) is 48.3 Å². The van der Waals surface area contributed by atoms with Crippen molar-refractivity contribution < 1.29 is 9.53 Å². The lowest BCUT2D eigenvalue weighted by Gasteiger charge is -2.32. The van der Waals surface area contributed by atoms with Gasteiger partial charge in [-0.05, 0) is 43.4 Å². The fourth-order valence-electron chi connectivity index (χ4n) is 3.38. The van der Waals surface area contributed by atoms with Gasteiger partial charge in [-0.2, -0.15) is 0 Å². The smallest absolute Gasteiger partial charge is 0.317 e. The zero-order valence-corrected chi connectivity index (χ0v) is 15.3. The van der Waals surface area contributed by atoms with Crippen molar-refractivity contribution >= 4 is 6.03 Å². The van der Waals surface area contributed by atoms with Crippen LogP contribution in [0.1, 0.15) is 30.9 Å². The predicted octanol–water partition coefficient (Wildman–Crippen LogP) is 3.48. The van der Waals surface area contributed by atoms with E-state index in [9.17, 15) is 4.79 Å². The third kappa shape index (κ3) is 5.63. The summed E-state index contributed by atoms with van der Waals surface area (Å²) in [5.41, 5.74) is 1.30. The SMILES string of the molecule is O=C(NCCCOCCc1ccccc1)N1CCC(n2cccc2)CC1. The van der Waals surface area contributed by atoms with Crippen LogP contribution in [0.5, 0.6) is 0 Å². The molecule has 5 nitrogen and oxygen atoms in total. The molecule has 26 heavy (non-hydrogen) atoms. The van der Waals surface area contributed by atoms with E-state index in [-0.39, 0.29) is 6.03 Å². The molecular formula is C21H29N3O2. The van der Waals surface area contributed by atoms with Crippen molar-refractivity contribution in [3.63, 3.8) is 0 Å². The van der Waals surface area contributed by atoms with Crippen molar-refractivity contribution in [3.05, 3.63) is 60.4 Å². The van der Waals surface area contributed by atoms with Crippen LogP contribution in [0.2, 0.25) is 0 Å². The third-order valence-corrected chi connectivity index (χ3v) is 4.92. The van der Waals surface area contributed by atoms with E-state index in [1.54, 1.807) is 0 Å². The van der Waals surface area contributed by atoms with Crippen LogP contribution >= 0.6 is 0 Å². The van der Waals surface area contributed by atoms with Gasteiger partial charge in [0.05, 0.1) is 6.61 Å². The average molecular weight is 355 g/mol. The first-order valence-electron chi connectivity index (χ1n) is 9.60. The van der Waals surface area contributed by atoms with Crippen molar-refractivity contribution in [2.45, 2.75) is 31.7 Å². The van der Waals surface area contributed by atoms with Gasteiger partial charge in [-0.15, -0.1) is 0 Å². The summed E-state index contributed by atoms with van der Waals surface area (Å²) in [5, 5.41) is 3.01. The van der Waals surface area contributed by atoms with Crippen LogP contribution in [-0.2, 0) is 11.2 Å². The number of carbonyl (C=O) groups excluding carboxylic acids is 1. The summed E-state index contributed by atoms with van der Waals surface area (Å²) in [6, 6.07) is 15.0. The third-order valence-electron chi connectivity index (χ3n) is 4.92. The van der Waals surface area contributed by atoms with Crippen LogP contribution < -0.4 is 5.32 Å². The Hall–Kier alpha value is -2.27. The van der Waals surface area contributed by atoms with E-state index < -0.39 is 0 Å². The molecule has 0 radical (unpaired) electrons. The number of likely N-dealkylation sites (tertiary alicyclic amines) is 1. The Morgan fingerprint density at radius 1 is 1.04 bits per heavy atom. The number of carbonyl (C=O) groups is 1. The number of aromatic nitrogens is 1. The van der Waals surface area contributed by atoms with Gasteiger partial charge in [0, 0.05) is 44.7 Å². The number of amides is 2. The van der Waals surface area contributed by atoms with Crippen LogP contribution in [0.25, 0.3) is 0 Å². The molecule has 0 unspecified atom stereocenters. The standard InChI is InChI=1S/C21H29N3O2/c25-21(24-15-9-20(10-16-24)23-13-4-5-14-23)22-12-6-17-26-18-11-19-7-2-1-3-8-19/h1-5,7-8,13-14,20H,6,9-12,15-18H2,(H,22,25). The van der Waals surface area contributed by atoms with E-state index in [1.165, 1.54) is 5.56 Å². The van der Waals surface area contributed by atoms with Gasteiger partial charge in [0.15, 0.2) is 0 Å². The fourth-order valence-corrected chi connectivity index (χ4v) is 3.38. The van der Waals surface area contributed by atoms with E-state index in [0.29, 0.717) is 19.2 Å². The number of ether oxygens (including phenoxy) is 1. The number of piperidine rings is 1. The molecule has 1 aliphatic heterocycles. The minimum Gasteiger partial charge on any atom is -0.381 e. The number of hydrogen-bond donors (Lipinski definition) is 1. The first-order valence-corrected chi connectivity index (χ1v) is 9.60. The Kier molecular flexibility index (Phi) is 7.14.